The van der Waals surface area contributed by atoms with E-state index in [4.69, 9.17) is 11.6 Å². The fourth-order valence-corrected chi connectivity index (χ4v) is 1.56. The maximum absolute atomic E-state index is 11.2. The second kappa shape index (κ2) is 4.97. The molecule has 1 heterocycles. The van der Waals surface area contributed by atoms with Gasteiger partial charge in [-0.05, 0) is 23.8 Å². The van der Waals surface area contributed by atoms with Crippen molar-refractivity contribution in [2.75, 3.05) is 7.11 Å². The molecule has 3 nitrogen and oxygen atoms in total. The molecule has 0 saturated heterocycles. The maximum Gasteiger partial charge on any atom is 0.356 e. The predicted octanol–water partition coefficient (Wildman–Crippen LogP) is 3.19. The summed E-state index contributed by atoms with van der Waals surface area (Å²) in [4.78, 5) is 15.2. The minimum Gasteiger partial charge on any atom is -0.464 e. The zero-order chi connectivity index (χ0) is 12.3. The first-order valence-corrected chi connectivity index (χ1v) is 5.39. The van der Waals surface area contributed by atoms with Crippen LogP contribution in [0.15, 0.2) is 42.6 Å². The van der Waals surface area contributed by atoms with Gasteiger partial charge in [0.25, 0.3) is 0 Å². The van der Waals surface area contributed by atoms with Crippen LogP contribution in [-0.4, -0.2) is 18.1 Å². The fraction of sp³-hybridized carbons (Fsp3) is 0.0769. The molecule has 0 N–H and O–H groups in total. The molecule has 1 aromatic heterocycles. The van der Waals surface area contributed by atoms with E-state index in [1.165, 1.54) is 7.11 Å². The van der Waals surface area contributed by atoms with Crippen LogP contribution in [0.5, 0.6) is 0 Å². The molecule has 2 rings (SSSR count). The molecule has 0 aliphatic rings. The van der Waals surface area contributed by atoms with Crippen LogP contribution in [0.2, 0.25) is 5.02 Å². The highest BCUT2D eigenvalue weighted by Crippen LogP contribution is 2.20. The summed E-state index contributed by atoms with van der Waals surface area (Å²) in [5.41, 5.74) is 2.22. The number of aromatic nitrogens is 1. The van der Waals surface area contributed by atoms with E-state index < -0.39 is 5.97 Å². The van der Waals surface area contributed by atoms with Gasteiger partial charge in [0.1, 0.15) is 5.69 Å². The molecule has 0 bridgehead atoms. The lowest BCUT2D eigenvalue weighted by atomic mass is 10.1. The second-order valence-corrected chi connectivity index (χ2v) is 3.87. The Morgan fingerprint density at radius 1 is 1.12 bits per heavy atom. The lowest BCUT2D eigenvalue weighted by Crippen LogP contribution is -2.03. The molecule has 2 aromatic rings. The van der Waals surface area contributed by atoms with Crippen LogP contribution < -0.4 is 0 Å². The first kappa shape index (κ1) is 11.6. The van der Waals surface area contributed by atoms with Gasteiger partial charge < -0.3 is 4.74 Å². The topological polar surface area (TPSA) is 39.2 Å². The number of benzene rings is 1. The SMILES string of the molecule is COC(=O)c1ccc(-c2ccc(Cl)cc2)cn1. The Bertz CT molecular complexity index is 520. The van der Waals surface area contributed by atoms with Gasteiger partial charge >= 0.3 is 5.97 Å². The summed E-state index contributed by atoms with van der Waals surface area (Å²) >= 11 is 5.81. The van der Waals surface area contributed by atoms with Crippen molar-refractivity contribution in [2.45, 2.75) is 0 Å². The van der Waals surface area contributed by atoms with Crippen molar-refractivity contribution >= 4 is 17.6 Å². The number of hydrogen-bond acceptors (Lipinski definition) is 3. The van der Waals surface area contributed by atoms with Gasteiger partial charge in [0.05, 0.1) is 7.11 Å². The molecule has 0 atom stereocenters. The molecule has 0 saturated carbocycles. The number of pyridine rings is 1. The van der Waals surface area contributed by atoms with Gasteiger partial charge in [-0.3, -0.25) is 0 Å². The van der Waals surface area contributed by atoms with Crippen LogP contribution in [0.3, 0.4) is 0 Å². The van der Waals surface area contributed by atoms with Crippen molar-refractivity contribution in [3.05, 3.63) is 53.3 Å². The molecule has 0 amide bonds. The lowest BCUT2D eigenvalue weighted by Gasteiger charge is -2.02. The fourth-order valence-electron chi connectivity index (χ4n) is 1.43. The van der Waals surface area contributed by atoms with Crippen LogP contribution >= 0.6 is 11.6 Å². The van der Waals surface area contributed by atoms with Gasteiger partial charge in [0, 0.05) is 16.8 Å². The molecule has 86 valence electrons. The number of carbonyl (C=O) groups excluding carboxylic acids is 1. The van der Waals surface area contributed by atoms with Crippen molar-refractivity contribution in [3.8, 4) is 11.1 Å². The van der Waals surface area contributed by atoms with E-state index in [0.717, 1.165) is 11.1 Å². The molecule has 0 aliphatic carbocycles. The Balaban J connectivity index is 2.29. The zero-order valence-electron chi connectivity index (χ0n) is 9.18. The smallest absolute Gasteiger partial charge is 0.356 e. The Labute approximate surface area is 104 Å². The van der Waals surface area contributed by atoms with Crippen LogP contribution in [0, 0.1) is 0 Å². The third kappa shape index (κ3) is 2.63. The van der Waals surface area contributed by atoms with Gasteiger partial charge in [-0.25, -0.2) is 9.78 Å². The van der Waals surface area contributed by atoms with Crippen molar-refractivity contribution in [2.24, 2.45) is 0 Å². The molecule has 0 unspecified atom stereocenters. The Morgan fingerprint density at radius 2 is 1.76 bits per heavy atom. The summed E-state index contributed by atoms with van der Waals surface area (Å²) in [5, 5.41) is 0.688. The first-order chi connectivity index (χ1) is 8.20. The average molecular weight is 248 g/mol. The molecule has 0 fully saturated rings. The van der Waals surface area contributed by atoms with E-state index in [2.05, 4.69) is 9.72 Å². The number of nitrogens with zero attached hydrogens (tertiary/aromatic N) is 1. The summed E-state index contributed by atoms with van der Waals surface area (Å²) in [7, 11) is 1.33. The average Bonchev–Trinajstić information content (AvgIpc) is 2.39. The normalized spacial score (nSPS) is 10.0. The number of esters is 1. The molecule has 0 radical (unpaired) electrons. The molecule has 0 spiro atoms. The van der Waals surface area contributed by atoms with Gasteiger partial charge in [0.2, 0.25) is 0 Å². The highest BCUT2D eigenvalue weighted by molar-refractivity contribution is 6.30. The highest BCUT2D eigenvalue weighted by atomic mass is 35.5. The number of halogens is 1. The van der Waals surface area contributed by atoms with E-state index in [0.29, 0.717) is 10.7 Å². The molecule has 1 aromatic carbocycles. The summed E-state index contributed by atoms with van der Waals surface area (Å²) in [6, 6.07) is 10.9. The standard InChI is InChI=1S/C13H10ClNO2/c1-17-13(16)12-7-4-10(8-15-12)9-2-5-11(14)6-3-9/h2-8H,1H3. The Kier molecular flexibility index (Phi) is 3.40. The van der Waals surface area contributed by atoms with E-state index in [1.54, 1.807) is 12.3 Å². The largest absolute Gasteiger partial charge is 0.464 e. The Hall–Kier alpha value is -1.87. The van der Waals surface area contributed by atoms with Crippen molar-refractivity contribution in [1.29, 1.82) is 0 Å². The van der Waals surface area contributed by atoms with Crippen molar-refractivity contribution < 1.29 is 9.53 Å². The predicted molar refractivity (Wildman–Crippen MR) is 66.0 cm³/mol. The van der Waals surface area contributed by atoms with Crippen molar-refractivity contribution in [3.63, 3.8) is 0 Å². The summed E-state index contributed by atoms with van der Waals surface area (Å²) in [5.74, 6) is -0.437. The highest BCUT2D eigenvalue weighted by Gasteiger charge is 2.06. The summed E-state index contributed by atoms with van der Waals surface area (Å²) < 4.78 is 4.58. The van der Waals surface area contributed by atoms with Crippen LogP contribution in [0.1, 0.15) is 10.5 Å². The van der Waals surface area contributed by atoms with E-state index in [-0.39, 0.29) is 0 Å². The molecule has 0 aliphatic heterocycles. The van der Waals surface area contributed by atoms with Crippen molar-refractivity contribution in [1.82, 2.24) is 4.98 Å². The zero-order valence-corrected chi connectivity index (χ0v) is 9.94. The maximum atomic E-state index is 11.2. The molecular weight excluding hydrogens is 238 g/mol. The van der Waals surface area contributed by atoms with Gasteiger partial charge in [-0.2, -0.15) is 0 Å². The monoisotopic (exact) mass is 247 g/mol. The molecular formula is C13H10ClNO2. The number of ether oxygens (including phenoxy) is 1. The van der Waals surface area contributed by atoms with Gasteiger partial charge in [-0.15, -0.1) is 0 Å². The van der Waals surface area contributed by atoms with E-state index in [1.807, 2.05) is 30.3 Å². The second-order valence-electron chi connectivity index (χ2n) is 3.43. The van der Waals surface area contributed by atoms with Crippen LogP contribution in [0.25, 0.3) is 11.1 Å². The number of methoxy groups -OCH3 is 1. The number of carbonyl (C=O) groups is 1. The third-order valence-corrected chi connectivity index (χ3v) is 2.59. The van der Waals surface area contributed by atoms with Gasteiger partial charge in [-0.1, -0.05) is 29.8 Å². The van der Waals surface area contributed by atoms with Crippen LogP contribution in [-0.2, 0) is 4.74 Å². The number of hydrogen-bond donors (Lipinski definition) is 0. The first-order valence-electron chi connectivity index (χ1n) is 5.01. The molecule has 17 heavy (non-hydrogen) atoms. The van der Waals surface area contributed by atoms with Crippen LogP contribution in [0.4, 0.5) is 0 Å². The van der Waals surface area contributed by atoms with E-state index in [9.17, 15) is 4.79 Å². The minimum absolute atomic E-state index is 0.296. The summed E-state index contributed by atoms with van der Waals surface area (Å²) in [6.45, 7) is 0. The quantitative estimate of drug-likeness (QED) is 0.765. The number of rotatable bonds is 2. The van der Waals surface area contributed by atoms with Gasteiger partial charge in [0.15, 0.2) is 0 Å². The third-order valence-electron chi connectivity index (χ3n) is 2.34. The lowest BCUT2D eigenvalue weighted by molar-refractivity contribution is 0.0594. The minimum atomic E-state index is -0.437. The molecule has 4 heteroatoms. The van der Waals surface area contributed by atoms with E-state index >= 15 is 0 Å². The summed E-state index contributed by atoms with van der Waals surface area (Å²) in [6.07, 6.45) is 1.63. The Morgan fingerprint density at radius 3 is 2.29 bits per heavy atom.